The number of amides is 1. The highest BCUT2D eigenvalue weighted by Crippen LogP contribution is 2.22. The summed E-state index contributed by atoms with van der Waals surface area (Å²) < 4.78 is 5.86. The molecule has 4 rings (SSSR count). The fourth-order valence-electron chi connectivity index (χ4n) is 3.32. The van der Waals surface area contributed by atoms with Crippen molar-refractivity contribution in [3.05, 3.63) is 90.8 Å². The van der Waals surface area contributed by atoms with Crippen molar-refractivity contribution in [3.63, 3.8) is 0 Å². The van der Waals surface area contributed by atoms with Gasteiger partial charge in [0.15, 0.2) is 0 Å². The molecule has 1 amide bonds. The standard InChI is InChI=1S/C24H23N3O2/c28-24(27-17-15-26(16-18-27)21-11-13-25-14-12-21)10-9-20-5-4-8-23(19-20)29-22-6-2-1-3-7-22/h1-14,19H,15-18H2/b10-9+. The molecule has 0 aliphatic carbocycles. The van der Waals surface area contributed by atoms with E-state index in [0.29, 0.717) is 13.1 Å². The van der Waals surface area contributed by atoms with Gasteiger partial charge in [-0.3, -0.25) is 9.78 Å². The van der Waals surface area contributed by atoms with Crippen LogP contribution in [0.5, 0.6) is 11.5 Å². The Morgan fingerprint density at radius 3 is 2.34 bits per heavy atom. The van der Waals surface area contributed by atoms with E-state index in [1.807, 2.05) is 77.7 Å². The number of aromatic nitrogens is 1. The summed E-state index contributed by atoms with van der Waals surface area (Å²) in [4.78, 5) is 20.8. The third-order valence-corrected chi connectivity index (χ3v) is 4.87. The van der Waals surface area contributed by atoms with Crippen LogP contribution in [0.1, 0.15) is 5.56 Å². The Morgan fingerprint density at radius 1 is 0.862 bits per heavy atom. The number of hydrogen-bond acceptors (Lipinski definition) is 4. The predicted octanol–water partition coefficient (Wildman–Crippen LogP) is 4.24. The van der Waals surface area contributed by atoms with E-state index in [1.165, 1.54) is 0 Å². The molecule has 1 saturated heterocycles. The first-order valence-electron chi connectivity index (χ1n) is 9.73. The van der Waals surface area contributed by atoms with Crippen LogP contribution in [0.25, 0.3) is 6.08 Å². The Kier molecular flexibility index (Phi) is 5.86. The monoisotopic (exact) mass is 385 g/mol. The van der Waals surface area contributed by atoms with Gasteiger partial charge in [0.05, 0.1) is 0 Å². The Hall–Kier alpha value is -3.60. The van der Waals surface area contributed by atoms with Gasteiger partial charge in [-0.1, -0.05) is 30.3 Å². The Bertz CT molecular complexity index is 966. The molecule has 5 nitrogen and oxygen atoms in total. The van der Waals surface area contributed by atoms with E-state index in [4.69, 9.17) is 4.74 Å². The lowest BCUT2D eigenvalue weighted by Crippen LogP contribution is -2.48. The van der Waals surface area contributed by atoms with Crippen LogP contribution in [-0.2, 0) is 4.79 Å². The first-order chi connectivity index (χ1) is 14.3. The second-order valence-electron chi connectivity index (χ2n) is 6.84. The smallest absolute Gasteiger partial charge is 0.246 e. The molecule has 146 valence electrons. The zero-order chi connectivity index (χ0) is 19.9. The lowest BCUT2D eigenvalue weighted by molar-refractivity contribution is -0.126. The first kappa shape index (κ1) is 18.7. The highest BCUT2D eigenvalue weighted by atomic mass is 16.5. The minimum atomic E-state index is 0.0359. The lowest BCUT2D eigenvalue weighted by atomic mass is 10.2. The van der Waals surface area contributed by atoms with Crippen LogP contribution in [0.15, 0.2) is 85.2 Å². The summed E-state index contributed by atoms with van der Waals surface area (Å²) in [6, 6.07) is 21.4. The third kappa shape index (κ3) is 5.02. The van der Waals surface area contributed by atoms with E-state index in [0.717, 1.165) is 35.8 Å². The molecule has 3 aromatic rings. The van der Waals surface area contributed by atoms with E-state index in [9.17, 15) is 4.79 Å². The summed E-state index contributed by atoms with van der Waals surface area (Å²) in [6.07, 6.45) is 7.08. The molecule has 1 aliphatic heterocycles. The van der Waals surface area contributed by atoms with E-state index >= 15 is 0 Å². The zero-order valence-corrected chi connectivity index (χ0v) is 16.1. The molecule has 2 aromatic carbocycles. The highest BCUT2D eigenvalue weighted by molar-refractivity contribution is 5.92. The van der Waals surface area contributed by atoms with Crippen LogP contribution < -0.4 is 9.64 Å². The minimum Gasteiger partial charge on any atom is -0.457 e. The van der Waals surface area contributed by atoms with Gasteiger partial charge in [-0.05, 0) is 48.0 Å². The van der Waals surface area contributed by atoms with Crippen molar-refractivity contribution in [1.29, 1.82) is 0 Å². The van der Waals surface area contributed by atoms with Crippen LogP contribution in [0.2, 0.25) is 0 Å². The molecule has 1 aromatic heterocycles. The maximum Gasteiger partial charge on any atom is 0.246 e. The predicted molar refractivity (Wildman–Crippen MR) is 115 cm³/mol. The number of anilines is 1. The number of ether oxygens (including phenoxy) is 1. The molecule has 2 heterocycles. The maximum atomic E-state index is 12.6. The molecule has 0 saturated carbocycles. The van der Waals surface area contributed by atoms with Crippen molar-refractivity contribution >= 4 is 17.7 Å². The molecular formula is C24H23N3O2. The van der Waals surface area contributed by atoms with Crippen molar-refractivity contribution in [1.82, 2.24) is 9.88 Å². The minimum absolute atomic E-state index is 0.0359. The fourth-order valence-corrected chi connectivity index (χ4v) is 3.32. The summed E-state index contributed by atoms with van der Waals surface area (Å²) in [6.45, 7) is 3.07. The van der Waals surface area contributed by atoms with Crippen molar-refractivity contribution < 1.29 is 9.53 Å². The highest BCUT2D eigenvalue weighted by Gasteiger charge is 2.19. The normalized spacial score (nSPS) is 14.2. The average Bonchev–Trinajstić information content (AvgIpc) is 2.79. The number of benzene rings is 2. The zero-order valence-electron chi connectivity index (χ0n) is 16.1. The number of hydrogen-bond donors (Lipinski definition) is 0. The number of carbonyl (C=O) groups excluding carboxylic acids is 1. The fraction of sp³-hybridized carbons (Fsp3) is 0.167. The van der Waals surface area contributed by atoms with Crippen LogP contribution in [0.3, 0.4) is 0 Å². The molecule has 0 unspecified atom stereocenters. The average molecular weight is 385 g/mol. The van der Waals surface area contributed by atoms with Gasteiger partial charge in [-0.15, -0.1) is 0 Å². The second-order valence-corrected chi connectivity index (χ2v) is 6.84. The largest absolute Gasteiger partial charge is 0.457 e. The molecule has 0 spiro atoms. The number of carbonyl (C=O) groups is 1. The third-order valence-electron chi connectivity index (χ3n) is 4.87. The first-order valence-corrected chi connectivity index (χ1v) is 9.73. The van der Waals surface area contributed by atoms with E-state index < -0.39 is 0 Å². The van der Waals surface area contributed by atoms with Gasteiger partial charge in [0.2, 0.25) is 5.91 Å². The summed E-state index contributed by atoms with van der Waals surface area (Å²) in [5.41, 5.74) is 2.08. The van der Waals surface area contributed by atoms with Crippen LogP contribution in [-0.4, -0.2) is 42.0 Å². The summed E-state index contributed by atoms with van der Waals surface area (Å²) in [5, 5.41) is 0. The molecule has 1 aliphatic rings. The summed E-state index contributed by atoms with van der Waals surface area (Å²) in [5.74, 6) is 1.57. The Labute approximate surface area is 170 Å². The second kappa shape index (κ2) is 9.06. The van der Waals surface area contributed by atoms with E-state index in [1.54, 1.807) is 18.5 Å². The summed E-state index contributed by atoms with van der Waals surface area (Å²) >= 11 is 0. The Balaban J connectivity index is 1.33. The number of piperazine rings is 1. The van der Waals surface area contributed by atoms with Crippen molar-refractivity contribution in [2.24, 2.45) is 0 Å². The molecule has 0 bridgehead atoms. The molecule has 29 heavy (non-hydrogen) atoms. The molecule has 0 N–H and O–H groups in total. The van der Waals surface area contributed by atoms with Gasteiger partial charge in [0.1, 0.15) is 11.5 Å². The molecule has 0 radical (unpaired) electrons. The lowest BCUT2D eigenvalue weighted by Gasteiger charge is -2.35. The van der Waals surface area contributed by atoms with E-state index in [2.05, 4.69) is 9.88 Å². The number of rotatable bonds is 5. The van der Waals surface area contributed by atoms with Crippen LogP contribution in [0, 0.1) is 0 Å². The molecule has 1 fully saturated rings. The van der Waals surface area contributed by atoms with Crippen molar-refractivity contribution in [2.75, 3.05) is 31.1 Å². The van der Waals surface area contributed by atoms with Gasteiger partial charge >= 0.3 is 0 Å². The van der Waals surface area contributed by atoms with Gasteiger partial charge < -0.3 is 14.5 Å². The maximum absolute atomic E-state index is 12.6. The number of nitrogens with zero attached hydrogens (tertiary/aromatic N) is 3. The van der Waals surface area contributed by atoms with Crippen LogP contribution in [0.4, 0.5) is 5.69 Å². The SMILES string of the molecule is O=C(/C=C/c1cccc(Oc2ccccc2)c1)N1CCN(c2ccncc2)CC1. The van der Waals surface area contributed by atoms with Gasteiger partial charge in [-0.25, -0.2) is 0 Å². The van der Waals surface area contributed by atoms with Crippen LogP contribution >= 0.6 is 0 Å². The van der Waals surface area contributed by atoms with Gasteiger partial charge in [-0.2, -0.15) is 0 Å². The van der Waals surface area contributed by atoms with Gasteiger partial charge in [0.25, 0.3) is 0 Å². The Morgan fingerprint density at radius 2 is 1.59 bits per heavy atom. The molecule has 0 atom stereocenters. The molecular weight excluding hydrogens is 362 g/mol. The van der Waals surface area contributed by atoms with Crippen molar-refractivity contribution in [3.8, 4) is 11.5 Å². The van der Waals surface area contributed by atoms with Gasteiger partial charge in [0, 0.05) is 50.3 Å². The number of para-hydroxylation sites is 1. The number of pyridine rings is 1. The summed E-state index contributed by atoms with van der Waals surface area (Å²) in [7, 11) is 0. The van der Waals surface area contributed by atoms with E-state index in [-0.39, 0.29) is 5.91 Å². The quantitative estimate of drug-likeness (QED) is 0.617. The topological polar surface area (TPSA) is 45.7 Å². The molecule has 5 heteroatoms. The van der Waals surface area contributed by atoms with Crippen molar-refractivity contribution in [2.45, 2.75) is 0 Å².